The van der Waals surface area contributed by atoms with Crippen molar-refractivity contribution in [3.63, 3.8) is 0 Å². The fraction of sp³-hybridized carbons (Fsp3) is 0.348. The lowest BCUT2D eigenvalue weighted by Crippen LogP contribution is -2.28. The zero-order valence-electron chi connectivity index (χ0n) is 17.8. The molecule has 0 bridgehead atoms. The number of likely N-dealkylation sites (N-methyl/N-ethyl adjacent to an activating group) is 1. The van der Waals surface area contributed by atoms with E-state index < -0.39 is 5.92 Å². The van der Waals surface area contributed by atoms with Crippen LogP contribution in [0.1, 0.15) is 17.5 Å². The molecular formula is C23H27N3O4. The van der Waals surface area contributed by atoms with Crippen LogP contribution in [0.3, 0.4) is 0 Å². The molecule has 0 aromatic heterocycles. The van der Waals surface area contributed by atoms with Crippen molar-refractivity contribution in [2.45, 2.75) is 19.8 Å². The van der Waals surface area contributed by atoms with Crippen LogP contribution in [-0.4, -0.2) is 50.4 Å². The van der Waals surface area contributed by atoms with Crippen molar-refractivity contribution in [2.75, 3.05) is 38.0 Å². The van der Waals surface area contributed by atoms with Gasteiger partial charge in [0, 0.05) is 32.7 Å². The molecule has 7 heteroatoms. The topological polar surface area (TPSA) is 79.0 Å². The molecule has 0 radical (unpaired) electrons. The molecule has 0 aliphatic carbocycles. The Morgan fingerprint density at radius 2 is 1.87 bits per heavy atom. The summed E-state index contributed by atoms with van der Waals surface area (Å²) in [6.45, 7) is 2.25. The Kier molecular flexibility index (Phi) is 6.40. The Hall–Kier alpha value is -3.35. The number of rotatable bonds is 6. The summed E-state index contributed by atoms with van der Waals surface area (Å²) in [6, 6.07) is 12.8. The Morgan fingerprint density at radius 1 is 1.17 bits per heavy atom. The first-order valence-electron chi connectivity index (χ1n) is 9.83. The highest BCUT2D eigenvalue weighted by Crippen LogP contribution is 2.34. The number of hydrogen-bond donors (Lipinski definition) is 1. The van der Waals surface area contributed by atoms with Crippen molar-refractivity contribution in [3.05, 3.63) is 53.6 Å². The van der Waals surface area contributed by atoms with E-state index in [4.69, 9.17) is 4.74 Å². The third-order valence-electron chi connectivity index (χ3n) is 5.20. The van der Waals surface area contributed by atoms with E-state index in [0.29, 0.717) is 30.1 Å². The first kappa shape index (κ1) is 21.4. The Labute approximate surface area is 176 Å². The highest BCUT2D eigenvalue weighted by atomic mass is 16.5. The van der Waals surface area contributed by atoms with E-state index in [1.54, 1.807) is 43.1 Å². The second-order valence-corrected chi connectivity index (χ2v) is 7.73. The second kappa shape index (κ2) is 8.98. The van der Waals surface area contributed by atoms with Crippen molar-refractivity contribution in [1.82, 2.24) is 4.90 Å². The molecule has 1 aliphatic heterocycles. The molecular weight excluding hydrogens is 382 g/mol. The summed E-state index contributed by atoms with van der Waals surface area (Å²) in [6.07, 6.45) is 0.462. The number of ether oxygens (including phenoxy) is 1. The fourth-order valence-corrected chi connectivity index (χ4v) is 3.41. The third kappa shape index (κ3) is 4.79. The largest absolute Gasteiger partial charge is 0.495 e. The molecule has 1 saturated heterocycles. The maximum atomic E-state index is 12.7. The Bertz CT molecular complexity index is 953. The minimum atomic E-state index is -0.447. The molecule has 2 aromatic carbocycles. The SMILES string of the molecule is COc1ccc(C)cc1N1CC(C(=O)Nc2ccc(CC(=O)N(C)C)cc2)CC1=O. The van der Waals surface area contributed by atoms with Crippen LogP contribution in [0, 0.1) is 12.8 Å². The zero-order valence-corrected chi connectivity index (χ0v) is 17.8. The van der Waals surface area contributed by atoms with E-state index >= 15 is 0 Å². The average Bonchev–Trinajstić information content (AvgIpc) is 3.11. The number of hydrogen-bond acceptors (Lipinski definition) is 4. The summed E-state index contributed by atoms with van der Waals surface area (Å²) in [5.41, 5.74) is 3.22. The van der Waals surface area contributed by atoms with Crippen molar-refractivity contribution in [2.24, 2.45) is 5.92 Å². The van der Waals surface area contributed by atoms with Crippen LogP contribution in [0.4, 0.5) is 11.4 Å². The van der Waals surface area contributed by atoms with Gasteiger partial charge in [-0.2, -0.15) is 0 Å². The van der Waals surface area contributed by atoms with Gasteiger partial charge in [0.05, 0.1) is 25.1 Å². The number of amides is 3. The number of aryl methyl sites for hydroxylation is 1. The number of nitrogens with one attached hydrogen (secondary N) is 1. The molecule has 1 aliphatic rings. The normalized spacial score (nSPS) is 15.8. The minimum Gasteiger partial charge on any atom is -0.495 e. The van der Waals surface area contributed by atoms with Gasteiger partial charge in [-0.25, -0.2) is 0 Å². The minimum absolute atomic E-state index is 0.0166. The molecule has 1 fully saturated rings. The number of carbonyl (C=O) groups excluding carboxylic acids is 3. The average molecular weight is 409 g/mol. The first-order valence-corrected chi connectivity index (χ1v) is 9.83. The van der Waals surface area contributed by atoms with E-state index in [1.165, 1.54) is 0 Å². The summed E-state index contributed by atoms with van der Waals surface area (Å²) in [5.74, 6) is -0.121. The van der Waals surface area contributed by atoms with Crippen LogP contribution in [0.2, 0.25) is 0 Å². The molecule has 1 N–H and O–H groups in total. The highest BCUT2D eigenvalue weighted by molar-refractivity contribution is 6.04. The van der Waals surface area contributed by atoms with Gasteiger partial charge in [0.1, 0.15) is 5.75 Å². The van der Waals surface area contributed by atoms with Crippen molar-refractivity contribution in [1.29, 1.82) is 0 Å². The van der Waals surface area contributed by atoms with Crippen molar-refractivity contribution in [3.8, 4) is 5.75 Å². The molecule has 2 aromatic rings. The summed E-state index contributed by atoms with van der Waals surface area (Å²) >= 11 is 0. The van der Waals surface area contributed by atoms with E-state index in [1.807, 2.05) is 37.3 Å². The molecule has 30 heavy (non-hydrogen) atoms. The summed E-state index contributed by atoms with van der Waals surface area (Å²) in [5, 5.41) is 2.88. The number of benzene rings is 2. The number of carbonyl (C=O) groups is 3. The van der Waals surface area contributed by atoms with Gasteiger partial charge in [0.2, 0.25) is 17.7 Å². The van der Waals surface area contributed by atoms with E-state index in [9.17, 15) is 14.4 Å². The lowest BCUT2D eigenvalue weighted by molar-refractivity contribution is -0.128. The third-order valence-corrected chi connectivity index (χ3v) is 5.20. The van der Waals surface area contributed by atoms with Gasteiger partial charge in [-0.1, -0.05) is 18.2 Å². The van der Waals surface area contributed by atoms with Crippen LogP contribution < -0.4 is 15.0 Å². The van der Waals surface area contributed by atoms with Gasteiger partial charge >= 0.3 is 0 Å². The van der Waals surface area contributed by atoms with Crippen LogP contribution in [0.25, 0.3) is 0 Å². The predicted octanol–water partition coefficient (Wildman–Crippen LogP) is 2.63. The molecule has 158 valence electrons. The van der Waals surface area contributed by atoms with Gasteiger partial charge in [0.25, 0.3) is 0 Å². The standard InChI is InChI=1S/C23H27N3O4/c1-15-5-10-20(30-4)19(11-15)26-14-17(13-22(26)28)23(29)24-18-8-6-16(7-9-18)12-21(27)25(2)3/h5-11,17H,12-14H2,1-4H3,(H,24,29). The van der Waals surface area contributed by atoms with E-state index in [-0.39, 0.29) is 24.1 Å². The van der Waals surface area contributed by atoms with Crippen LogP contribution in [0.5, 0.6) is 5.75 Å². The lowest BCUT2D eigenvalue weighted by Gasteiger charge is -2.20. The van der Waals surface area contributed by atoms with Gasteiger partial charge in [-0.15, -0.1) is 0 Å². The highest BCUT2D eigenvalue weighted by Gasteiger charge is 2.36. The Balaban J connectivity index is 1.65. The quantitative estimate of drug-likeness (QED) is 0.796. The zero-order chi connectivity index (χ0) is 21.8. The molecule has 3 rings (SSSR count). The molecule has 1 unspecified atom stereocenters. The predicted molar refractivity (Wildman–Crippen MR) is 116 cm³/mol. The molecule has 0 spiro atoms. The summed E-state index contributed by atoms with van der Waals surface area (Å²) in [4.78, 5) is 40.3. The van der Waals surface area contributed by atoms with Crippen LogP contribution in [-0.2, 0) is 20.8 Å². The maximum Gasteiger partial charge on any atom is 0.229 e. The summed E-state index contributed by atoms with van der Waals surface area (Å²) in [7, 11) is 5.00. The fourth-order valence-electron chi connectivity index (χ4n) is 3.41. The van der Waals surface area contributed by atoms with E-state index in [2.05, 4.69) is 5.32 Å². The molecule has 1 atom stereocenters. The van der Waals surface area contributed by atoms with Crippen molar-refractivity contribution >= 4 is 29.1 Å². The lowest BCUT2D eigenvalue weighted by atomic mass is 10.1. The van der Waals surface area contributed by atoms with Crippen LogP contribution in [0.15, 0.2) is 42.5 Å². The van der Waals surface area contributed by atoms with E-state index in [0.717, 1.165) is 11.1 Å². The monoisotopic (exact) mass is 409 g/mol. The number of anilines is 2. The van der Waals surface area contributed by atoms with Gasteiger partial charge in [0.15, 0.2) is 0 Å². The van der Waals surface area contributed by atoms with Gasteiger partial charge in [-0.05, 0) is 42.3 Å². The smallest absolute Gasteiger partial charge is 0.229 e. The molecule has 0 saturated carbocycles. The van der Waals surface area contributed by atoms with Gasteiger partial charge < -0.3 is 19.9 Å². The summed E-state index contributed by atoms with van der Waals surface area (Å²) < 4.78 is 5.38. The first-order chi connectivity index (χ1) is 14.3. The molecule has 7 nitrogen and oxygen atoms in total. The number of methoxy groups -OCH3 is 1. The molecule has 1 heterocycles. The maximum absolute atomic E-state index is 12.7. The van der Waals surface area contributed by atoms with Gasteiger partial charge in [-0.3, -0.25) is 14.4 Å². The second-order valence-electron chi connectivity index (χ2n) is 7.73. The van der Waals surface area contributed by atoms with Crippen LogP contribution >= 0.6 is 0 Å². The molecule has 3 amide bonds. The van der Waals surface area contributed by atoms with Crippen molar-refractivity contribution < 1.29 is 19.1 Å². The number of nitrogens with zero attached hydrogens (tertiary/aromatic N) is 2. The Morgan fingerprint density at radius 3 is 2.50 bits per heavy atom.